The molecule has 0 aliphatic heterocycles. The minimum absolute atomic E-state index is 0.181. The van der Waals surface area contributed by atoms with Gasteiger partial charge in [0.2, 0.25) is 0 Å². The molecule has 0 radical (unpaired) electrons. The van der Waals surface area contributed by atoms with Crippen LogP contribution in [-0.2, 0) is 0 Å². The lowest BCUT2D eigenvalue weighted by molar-refractivity contribution is 0.403. The van der Waals surface area contributed by atoms with Crippen LogP contribution >= 0.6 is 12.2 Å². The number of phenols is 2. The van der Waals surface area contributed by atoms with Gasteiger partial charge in [-0.2, -0.15) is 5.10 Å². The largest absolute Gasteiger partial charge is 0.504 e. The molecule has 3 N–H and O–H groups in total. The first-order chi connectivity index (χ1) is 7.52. The minimum atomic E-state index is -0.205. The quantitative estimate of drug-likeness (QED) is 0.309. The number of aromatic hydroxyl groups is 2. The van der Waals surface area contributed by atoms with E-state index < -0.39 is 0 Å². The van der Waals surface area contributed by atoms with Crippen LogP contribution in [0.5, 0.6) is 11.5 Å². The van der Waals surface area contributed by atoms with Crippen LogP contribution < -0.4 is 5.43 Å². The van der Waals surface area contributed by atoms with Crippen molar-refractivity contribution >= 4 is 23.5 Å². The smallest absolute Gasteiger partial charge is 0.189 e. The molecule has 0 aliphatic rings. The highest BCUT2D eigenvalue weighted by Gasteiger charge is 2.02. The summed E-state index contributed by atoms with van der Waals surface area (Å²) in [6, 6.07) is 4.63. The lowest BCUT2D eigenvalue weighted by atomic mass is 10.2. The fraction of sp³-hybridized carbons (Fsp3) is 0.200. The van der Waals surface area contributed by atoms with Crippen molar-refractivity contribution in [2.75, 3.05) is 14.1 Å². The molecule has 0 spiro atoms. The molecule has 0 aromatic heterocycles. The topological polar surface area (TPSA) is 68.1 Å². The first-order valence-corrected chi connectivity index (χ1v) is 4.94. The second-order valence-corrected chi connectivity index (χ2v) is 3.67. The Morgan fingerprint density at radius 3 is 2.75 bits per heavy atom. The molecule has 0 saturated heterocycles. The van der Waals surface area contributed by atoms with Gasteiger partial charge in [-0.25, -0.2) is 0 Å². The molecule has 0 heterocycles. The van der Waals surface area contributed by atoms with Crippen LogP contribution in [0.15, 0.2) is 23.3 Å². The number of hydrazone groups is 1. The summed E-state index contributed by atoms with van der Waals surface area (Å²) in [6.07, 6.45) is 1.38. The van der Waals surface area contributed by atoms with Gasteiger partial charge < -0.3 is 15.1 Å². The monoisotopic (exact) mass is 239 g/mol. The van der Waals surface area contributed by atoms with E-state index in [4.69, 9.17) is 12.2 Å². The van der Waals surface area contributed by atoms with E-state index in [-0.39, 0.29) is 11.5 Å². The van der Waals surface area contributed by atoms with Crippen LogP contribution in [-0.4, -0.2) is 40.5 Å². The number of benzene rings is 1. The normalized spacial score (nSPS) is 10.4. The molecular formula is C10H13N3O2S. The zero-order chi connectivity index (χ0) is 12.1. The van der Waals surface area contributed by atoms with E-state index in [0.717, 1.165) is 0 Å². The second kappa shape index (κ2) is 5.32. The van der Waals surface area contributed by atoms with Crippen molar-refractivity contribution in [2.45, 2.75) is 0 Å². The van der Waals surface area contributed by atoms with E-state index in [9.17, 15) is 10.2 Å². The molecule has 1 aromatic rings. The Morgan fingerprint density at radius 1 is 1.44 bits per heavy atom. The van der Waals surface area contributed by atoms with E-state index in [1.165, 1.54) is 12.3 Å². The minimum Gasteiger partial charge on any atom is -0.504 e. The Labute approximate surface area is 99.0 Å². The Hall–Kier alpha value is -1.82. The highest BCUT2D eigenvalue weighted by molar-refractivity contribution is 7.80. The summed E-state index contributed by atoms with van der Waals surface area (Å²) in [5.41, 5.74) is 3.02. The van der Waals surface area contributed by atoms with E-state index in [1.54, 1.807) is 31.1 Å². The average molecular weight is 239 g/mol. The van der Waals surface area contributed by atoms with Crippen LogP contribution in [0, 0.1) is 0 Å². The molecular weight excluding hydrogens is 226 g/mol. The number of rotatable bonds is 2. The van der Waals surface area contributed by atoms with Gasteiger partial charge in [-0.3, -0.25) is 5.43 Å². The summed E-state index contributed by atoms with van der Waals surface area (Å²) >= 11 is 4.94. The number of hydrogen-bond donors (Lipinski definition) is 3. The van der Waals surface area contributed by atoms with Crippen molar-refractivity contribution in [2.24, 2.45) is 5.10 Å². The molecule has 0 amide bonds. The molecule has 1 rings (SSSR count). The molecule has 16 heavy (non-hydrogen) atoms. The summed E-state index contributed by atoms with van der Waals surface area (Å²) in [7, 11) is 3.58. The highest BCUT2D eigenvalue weighted by Crippen LogP contribution is 2.26. The molecule has 5 nitrogen and oxygen atoms in total. The van der Waals surface area contributed by atoms with Gasteiger partial charge in [-0.1, -0.05) is 6.07 Å². The molecule has 0 saturated carbocycles. The third-order valence-corrected chi connectivity index (χ3v) is 2.27. The maximum absolute atomic E-state index is 9.46. The fourth-order valence-corrected chi connectivity index (χ4v) is 0.963. The number of thiocarbonyl (C=S) groups is 1. The van der Waals surface area contributed by atoms with Crippen LogP contribution in [0.2, 0.25) is 0 Å². The molecule has 0 fully saturated rings. The molecule has 0 bridgehead atoms. The zero-order valence-corrected chi connectivity index (χ0v) is 9.82. The van der Waals surface area contributed by atoms with Crippen molar-refractivity contribution in [1.29, 1.82) is 0 Å². The lowest BCUT2D eigenvalue weighted by Gasteiger charge is -2.11. The third-order valence-electron chi connectivity index (χ3n) is 1.82. The van der Waals surface area contributed by atoms with Crippen molar-refractivity contribution in [1.82, 2.24) is 10.3 Å². The summed E-state index contributed by atoms with van der Waals surface area (Å²) in [4.78, 5) is 1.69. The first-order valence-electron chi connectivity index (χ1n) is 4.53. The molecule has 6 heteroatoms. The van der Waals surface area contributed by atoms with Gasteiger partial charge in [0.05, 0.1) is 6.21 Å². The van der Waals surface area contributed by atoms with Crippen molar-refractivity contribution in [3.8, 4) is 11.5 Å². The van der Waals surface area contributed by atoms with Gasteiger partial charge in [0, 0.05) is 19.7 Å². The maximum atomic E-state index is 9.46. The van der Waals surface area contributed by atoms with E-state index in [1.807, 2.05) is 0 Å². The van der Waals surface area contributed by atoms with Crippen LogP contribution in [0.3, 0.4) is 0 Å². The standard InChI is InChI=1S/C10H13N3O2S/c1-13(2)10(16)12-11-6-7-4-3-5-8(14)9(7)15/h3-6,14-15H,1-2H3,(H,12,16). The predicted octanol–water partition coefficient (Wildman–Crippen LogP) is 0.868. The van der Waals surface area contributed by atoms with Gasteiger partial charge in [0.25, 0.3) is 0 Å². The summed E-state index contributed by atoms with van der Waals surface area (Å²) in [5.74, 6) is -0.386. The van der Waals surface area contributed by atoms with Gasteiger partial charge in [-0.05, 0) is 24.4 Å². The van der Waals surface area contributed by atoms with Gasteiger partial charge in [-0.15, -0.1) is 0 Å². The molecule has 1 aromatic carbocycles. The molecule has 0 atom stereocenters. The van der Waals surface area contributed by atoms with Gasteiger partial charge in [0.1, 0.15) is 0 Å². The van der Waals surface area contributed by atoms with E-state index >= 15 is 0 Å². The van der Waals surface area contributed by atoms with E-state index in [0.29, 0.717) is 10.7 Å². The predicted molar refractivity (Wildman–Crippen MR) is 66.8 cm³/mol. The number of nitrogens with one attached hydrogen (secondary N) is 1. The van der Waals surface area contributed by atoms with Crippen LogP contribution in [0.1, 0.15) is 5.56 Å². The number of hydrogen-bond acceptors (Lipinski definition) is 4. The lowest BCUT2D eigenvalue weighted by Crippen LogP contribution is -2.30. The maximum Gasteiger partial charge on any atom is 0.189 e. The Balaban J connectivity index is 2.70. The second-order valence-electron chi connectivity index (χ2n) is 3.28. The fourth-order valence-electron chi connectivity index (χ4n) is 0.910. The number of phenolic OH excluding ortho intramolecular Hbond substituents is 2. The molecule has 86 valence electrons. The van der Waals surface area contributed by atoms with Gasteiger partial charge >= 0.3 is 0 Å². The van der Waals surface area contributed by atoms with Crippen molar-refractivity contribution in [3.63, 3.8) is 0 Å². The van der Waals surface area contributed by atoms with Crippen LogP contribution in [0.4, 0.5) is 0 Å². The van der Waals surface area contributed by atoms with Crippen LogP contribution in [0.25, 0.3) is 0 Å². The highest BCUT2D eigenvalue weighted by atomic mass is 32.1. The number of para-hydroxylation sites is 1. The summed E-state index contributed by atoms with van der Waals surface area (Å²) < 4.78 is 0. The Morgan fingerprint density at radius 2 is 2.12 bits per heavy atom. The molecule has 0 aliphatic carbocycles. The van der Waals surface area contributed by atoms with Crippen molar-refractivity contribution in [3.05, 3.63) is 23.8 Å². The Kier molecular flexibility index (Phi) is 4.07. The number of nitrogens with zero attached hydrogens (tertiary/aromatic N) is 2. The third kappa shape index (κ3) is 3.09. The SMILES string of the molecule is CN(C)C(=S)NN=Cc1cccc(O)c1O. The Bertz CT molecular complexity index is 419. The first kappa shape index (κ1) is 12.3. The summed E-state index contributed by atoms with van der Waals surface area (Å²) in [6.45, 7) is 0. The average Bonchev–Trinajstić information content (AvgIpc) is 2.24. The van der Waals surface area contributed by atoms with Gasteiger partial charge in [0.15, 0.2) is 16.6 Å². The van der Waals surface area contributed by atoms with E-state index in [2.05, 4.69) is 10.5 Å². The molecule has 0 unspecified atom stereocenters. The van der Waals surface area contributed by atoms with Crippen molar-refractivity contribution < 1.29 is 10.2 Å². The summed E-state index contributed by atoms with van der Waals surface area (Å²) in [5, 5.41) is 23.0. The zero-order valence-electron chi connectivity index (χ0n) is 9.01.